The number of rotatable bonds is 13. The number of halogens is 4. The fraction of sp³-hybridized carbons (Fsp3) is 0.378. The van der Waals surface area contributed by atoms with Gasteiger partial charge in [-0.2, -0.15) is 18.2 Å². The van der Waals surface area contributed by atoms with Gasteiger partial charge in [0.15, 0.2) is 5.16 Å². The summed E-state index contributed by atoms with van der Waals surface area (Å²) in [4.78, 5) is 35.2. The van der Waals surface area contributed by atoms with Gasteiger partial charge >= 0.3 is 6.18 Å². The van der Waals surface area contributed by atoms with Crippen molar-refractivity contribution in [1.82, 2.24) is 19.4 Å². The average molecular weight is 694 g/mol. The van der Waals surface area contributed by atoms with E-state index in [1.165, 1.54) is 24.3 Å². The van der Waals surface area contributed by atoms with Crippen LogP contribution in [-0.4, -0.2) is 51.4 Å². The summed E-state index contributed by atoms with van der Waals surface area (Å²) in [6, 6.07) is -3.72. The molecule has 5 rings (SSSR count). The first-order valence-corrected chi connectivity index (χ1v) is 16.0. The molecular weight excluding hydrogens is 640 g/mol. The van der Waals surface area contributed by atoms with E-state index in [-0.39, 0.29) is 24.0 Å². The van der Waals surface area contributed by atoms with Gasteiger partial charge in [0.25, 0.3) is 5.56 Å². The minimum Gasteiger partial charge on any atom is -0.336 e. The van der Waals surface area contributed by atoms with Crippen LogP contribution in [0.4, 0.5) is 17.6 Å². The molecule has 1 aromatic heterocycles. The molecule has 3 aromatic carbocycles. The summed E-state index contributed by atoms with van der Waals surface area (Å²) in [6.45, 7) is 4.25. The summed E-state index contributed by atoms with van der Waals surface area (Å²) in [5.74, 6) is -3.96. The Balaban J connectivity index is 1.66. The van der Waals surface area contributed by atoms with E-state index in [4.69, 9.17) is 17.8 Å². The van der Waals surface area contributed by atoms with Gasteiger partial charge in [-0.05, 0) is 78.2 Å². The first kappa shape index (κ1) is 21.9. The highest BCUT2D eigenvalue weighted by Gasteiger charge is 2.30. The van der Waals surface area contributed by atoms with Gasteiger partial charge in [-0.1, -0.05) is 80.9 Å². The Kier molecular flexibility index (Phi) is 7.07. The van der Waals surface area contributed by atoms with Crippen molar-refractivity contribution in [3.05, 3.63) is 117 Å². The van der Waals surface area contributed by atoms with E-state index in [9.17, 15) is 27.2 Å². The lowest BCUT2D eigenvalue weighted by molar-refractivity contribution is -0.137. The van der Waals surface area contributed by atoms with Crippen LogP contribution in [0.15, 0.2) is 82.6 Å². The number of benzene rings is 3. The number of thioether (sulfide) groups is 1. The maximum Gasteiger partial charge on any atom is 0.416 e. The van der Waals surface area contributed by atoms with Gasteiger partial charge in [0.1, 0.15) is 12.4 Å². The highest BCUT2D eigenvalue weighted by molar-refractivity contribution is 7.98. The van der Waals surface area contributed by atoms with Gasteiger partial charge in [-0.15, -0.1) is 0 Å². The minimum atomic E-state index is -5.29. The quantitative estimate of drug-likeness (QED) is 0.0827. The molecule has 1 unspecified atom stereocenters. The van der Waals surface area contributed by atoms with Crippen molar-refractivity contribution >= 4 is 17.7 Å². The van der Waals surface area contributed by atoms with Crippen LogP contribution in [0.2, 0.25) is 0 Å². The Hall–Kier alpha value is -3.96. The SMILES string of the molecule is [2H]c1c([2H])c(-c2c([2H])c([2H])c(C(F)(F)F)c([2H])c2[2H])c([2H])c([2H])c1CN(CCN(CC)CC)C(=O)Cn1c(SCc2ccc(F)cc2)nc(=O)c2c1C([2H])([2H])C([2H])(C)C2([2H])[2H]. The molecule has 0 aliphatic heterocycles. The van der Waals surface area contributed by atoms with E-state index >= 15 is 0 Å². The van der Waals surface area contributed by atoms with E-state index < -0.39 is 137 Å². The Morgan fingerprint density at radius 2 is 1.62 bits per heavy atom. The number of aromatic nitrogens is 2. The summed E-state index contributed by atoms with van der Waals surface area (Å²) in [7, 11) is 0. The highest BCUT2D eigenvalue weighted by Crippen LogP contribution is 2.32. The molecule has 1 amide bonds. The molecule has 0 saturated heterocycles. The lowest BCUT2D eigenvalue weighted by Gasteiger charge is -2.28. The molecule has 0 fully saturated rings. The van der Waals surface area contributed by atoms with Gasteiger partial charge in [-0.25, -0.2) is 4.39 Å². The number of amides is 1. The summed E-state index contributed by atoms with van der Waals surface area (Å²) in [6.07, 6.45) is -11.1. The number of carbonyl (C=O) groups is 1. The van der Waals surface area contributed by atoms with Gasteiger partial charge in [0, 0.05) is 43.5 Å². The van der Waals surface area contributed by atoms with Gasteiger partial charge < -0.3 is 14.4 Å². The molecule has 1 heterocycles. The third-order valence-electron chi connectivity index (χ3n) is 7.46. The second-order valence-electron chi connectivity index (χ2n) is 10.7. The summed E-state index contributed by atoms with van der Waals surface area (Å²) >= 11 is 0.856. The molecule has 0 bridgehead atoms. The molecule has 1 atom stereocenters. The summed E-state index contributed by atoms with van der Waals surface area (Å²) in [5.41, 5.74) is -6.00. The van der Waals surface area contributed by atoms with Crippen molar-refractivity contribution in [3.63, 3.8) is 0 Å². The molecular formula is C37H40F4N4O2S. The molecule has 6 nitrogen and oxygen atoms in total. The smallest absolute Gasteiger partial charge is 0.336 e. The number of fused-ring (bicyclic) bond motifs is 1. The maximum atomic E-state index is 14.6. The Morgan fingerprint density at radius 3 is 2.23 bits per heavy atom. The molecule has 48 heavy (non-hydrogen) atoms. The zero-order valence-electron chi connectivity index (χ0n) is 39.3. The predicted molar refractivity (Wildman–Crippen MR) is 181 cm³/mol. The van der Waals surface area contributed by atoms with Crippen LogP contribution >= 0.6 is 11.8 Å². The van der Waals surface area contributed by atoms with Crippen molar-refractivity contribution < 1.29 is 40.2 Å². The number of nitrogens with zero attached hydrogens (tertiary/aromatic N) is 4. The van der Waals surface area contributed by atoms with E-state index in [0.717, 1.165) is 28.2 Å². The van der Waals surface area contributed by atoms with Crippen molar-refractivity contribution in [2.75, 3.05) is 26.2 Å². The van der Waals surface area contributed by atoms with Gasteiger partial charge in [0.05, 0.1) is 16.5 Å². The molecule has 1 aliphatic rings. The zero-order valence-corrected chi connectivity index (χ0v) is 27.1. The largest absolute Gasteiger partial charge is 0.416 e. The Morgan fingerprint density at radius 1 is 1.00 bits per heavy atom. The summed E-state index contributed by atoms with van der Waals surface area (Å²) < 4.78 is 168. The summed E-state index contributed by atoms with van der Waals surface area (Å²) in [5, 5.41) is -0.243. The Bertz CT molecular complexity index is 2390. The van der Waals surface area contributed by atoms with Crippen LogP contribution in [0.5, 0.6) is 0 Å². The van der Waals surface area contributed by atoms with Crippen molar-refractivity contribution in [1.29, 1.82) is 0 Å². The monoisotopic (exact) mass is 693 g/mol. The molecule has 254 valence electrons. The molecule has 1 aliphatic carbocycles. The number of hydrogen-bond donors (Lipinski definition) is 0. The first-order valence-electron chi connectivity index (χ1n) is 21.5. The van der Waals surface area contributed by atoms with Crippen LogP contribution in [-0.2, 0) is 42.6 Å². The van der Waals surface area contributed by atoms with Crippen molar-refractivity contribution in [2.45, 2.75) is 63.7 Å². The molecule has 0 radical (unpaired) electrons. The van der Waals surface area contributed by atoms with Crippen LogP contribution in [0, 0.1) is 11.7 Å². The second kappa shape index (κ2) is 15.5. The number of carbonyl (C=O) groups excluding carboxylic acids is 1. The van der Waals surface area contributed by atoms with E-state index in [1.807, 2.05) is 18.7 Å². The fourth-order valence-electron chi connectivity index (χ4n) is 4.80. The first-order chi connectivity index (χ1) is 28.2. The molecule has 4 aromatic rings. The molecule has 11 heteroatoms. The second-order valence-corrected chi connectivity index (χ2v) is 11.7. The third-order valence-corrected chi connectivity index (χ3v) is 8.51. The van der Waals surface area contributed by atoms with Crippen LogP contribution in [0.3, 0.4) is 0 Å². The topological polar surface area (TPSA) is 58.4 Å². The number of alkyl halides is 3. The lowest BCUT2D eigenvalue weighted by Crippen LogP contribution is -2.40. The van der Waals surface area contributed by atoms with Gasteiger partial charge in [-0.3, -0.25) is 9.59 Å². The highest BCUT2D eigenvalue weighted by atomic mass is 32.2. The standard InChI is InChI=1S/C37H40F4N4O2S/c1-4-43(5-2)18-19-44(22-26-6-10-28(11-7-26)29-12-14-30(15-13-29)37(39,40)41)34(46)23-45-33-21-25(3)20-32(33)35(47)42-36(45)48-24-27-8-16-31(38)17-9-27/h6-17,25H,4-5,18-24H2,1-3H3/i6D,7D,10D,11D,12D,13D,14D,15D,20D2,21D2,25D. The van der Waals surface area contributed by atoms with Gasteiger partial charge in [0.2, 0.25) is 5.91 Å². The fourth-order valence-corrected chi connectivity index (χ4v) is 5.75. The third kappa shape index (κ3) is 8.73. The number of hydrogen-bond acceptors (Lipinski definition) is 5. The average Bonchev–Trinajstić information content (AvgIpc) is 3.29. The molecule has 0 spiro atoms. The van der Waals surface area contributed by atoms with Crippen LogP contribution in [0.1, 0.15) is 66.5 Å². The van der Waals surface area contributed by atoms with Crippen molar-refractivity contribution in [3.8, 4) is 11.1 Å². The van der Waals surface area contributed by atoms with Crippen LogP contribution < -0.4 is 5.56 Å². The van der Waals surface area contributed by atoms with E-state index in [0.29, 0.717) is 18.7 Å². The van der Waals surface area contributed by atoms with Crippen LogP contribution in [0.25, 0.3) is 11.1 Å². The normalized spacial score (nSPS) is 21.9. The van der Waals surface area contributed by atoms with Crippen molar-refractivity contribution in [2.24, 2.45) is 5.89 Å². The predicted octanol–water partition coefficient (Wildman–Crippen LogP) is 7.47. The van der Waals surface area contributed by atoms with E-state index in [1.54, 1.807) is 0 Å². The van der Waals surface area contributed by atoms with E-state index in [2.05, 4.69) is 4.98 Å². The number of likely N-dealkylation sites (N-methyl/N-ethyl adjacent to an activating group) is 1. The molecule has 0 saturated carbocycles. The zero-order chi connectivity index (χ0) is 45.9. The minimum absolute atomic E-state index is 0.0249. The Labute approximate surface area is 301 Å². The maximum absolute atomic E-state index is 14.6. The lowest BCUT2D eigenvalue weighted by atomic mass is 10.0. The molecule has 0 N–H and O–H groups in total.